The summed E-state index contributed by atoms with van der Waals surface area (Å²) >= 11 is 9.19. The highest BCUT2D eigenvalue weighted by molar-refractivity contribution is 14.1. The molecule has 37 heavy (non-hydrogen) atoms. The number of anilines is 3. The van der Waals surface area contributed by atoms with E-state index >= 15 is 0 Å². The van der Waals surface area contributed by atoms with Gasteiger partial charge in [0, 0.05) is 31.1 Å². The summed E-state index contributed by atoms with van der Waals surface area (Å²) in [5.74, 6) is -0.0791. The second-order valence-electron chi connectivity index (χ2n) is 8.15. The van der Waals surface area contributed by atoms with E-state index in [2.05, 4.69) is 38.5 Å². The molecule has 0 radical (unpaired) electrons. The molecule has 4 aromatic rings. The van der Waals surface area contributed by atoms with Gasteiger partial charge in [-0.05, 0) is 114 Å². The number of thioether (sulfide) groups is 1. The molecule has 3 N–H and O–H groups in total. The Morgan fingerprint density at radius 3 is 2.05 bits per heavy atom. The zero-order valence-electron chi connectivity index (χ0n) is 19.9. The summed E-state index contributed by atoms with van der Waals surface area (Å²) in [4.78, 5) is 25.7. The summed E-state index contributed by atoms with van der Waals surface area (Å²) in [5, 5.41) is 9.35. The molecule has 0 saturated carbocycles. The first-order chi connectivity index (χ1) is 17.9. The number of nitrogens with one attached hydrogen (secondary N) is 3. The summed E-state index contributed by atoms with van der Waals surface area (Å²) in [5.41, 5.74) is 3.90. The Labute approximate surface area is 239 Å². The number of ketones is 1. The maximum Gasteiger partial charge on any atom is 0.242 e. The van der Waals surface area contributed by atoms with Gasteiger partial charge >= 0.3 is 0 Å². The average molecular weight is 638 g/mol. The van der Waals surface area contributed by atoms with Crippen LogP contribution in [-0.4, -0.2) is 16.8 Å². The first-order valence-corrected chi connectivity index (χ1v) is 13.8. The number of carbonyl (C=O) groups is 2. The molecular weight excluding hydrogens is 613 g/mol. The molecule has 0 spiro atoms. The monoisotopic (exact) mass is 637 g/mol. The van der Waals surface area contributed by atoms with Gasteiger partial charge in [-0.1, -0.05) is 36.4 Å². The standard InChI is InChI=1S/C29H24IN3O2S2/c1-19(34)20-10-14-24(15-11-20)32-29(36)33-25-8-5-9-26(18-25)37-27(21-6-3-2-4-7-21)28(35)31-23-16-12-22(30)13-17-23/h2-18,27H,1H3,(H,31,35)(H2,32,33,36). The van der Waals surface area contributed by atoms with E-state index < -0.39 is 5.25 Å². The molecule has 0 heterocycles. The molecule has 8 heteroatoms. The molecule has 1 amide bonds. The van der Waals surface area contributed by atoms with E-state index in [0.29, 0.717) is 10.7 Å². The fraction of sp³-hybridized carbons (Fsp3) is 0.0690. The smallest absolute Gasteiger partial charge is 0.242 e. The number of Topliss-reactive ketones (excluding diaryl/α,β-unsaturated/α-hetero) is 1. The summed E-state index contributed by atoms with van der Waals surface area (Å²) in [7, 11) is 0. The average Bonchev–Trinajstić information content (AvgIpc) is 2.89. The van der Waals surface area contributed by atoms with Crippen LogP contribution in [-0.2, 0) is 4.79 Å². The van der Waals surface area contributed by atoms with Gasteiger partial charge in [-0.15, -0.1) is 11.8 Å². The normalized spacial score (nSPS) is 11.3. The zero-order chi connectivity index (χ0) is 26.2. The molecule has 4 rings (SSSR count). The van der Waals surface area contributed by atoms with Crippen LogP contribution >= 0.6 is 46.6 Å². The molecule has 0 aromatic heterocycles. The SMILES string of the molecule is CC(=O)c1ccc(NC(=S)Nc2cccc(SC(C(=O)Nc3ccc(I)cc3)c3ccccc3)c2)cc1. The van der Waals surface area contributed by atoms with Crippen LogP contribution < -0.4 is 16.0 Å². The van der Waals surface area contributed by atoms with Crippen molar-refractivity contribution < 1.29 is 9.59 Å². The molecule has 0 bridgehead atoms. The first kappa shape index (κ1) is 26.8. The third kappa shape index (κ3) is 7.88. The van der Waals surface area contributed by atoms with Gasteiger partial charge in [0.05, 0.1) is 0 Å². The molecule has 0 saturated heterocycles. The van der Waals surface area contributed by atoms with Gasteiger partial charge < -0.3 is 16.0 Å². The van der Waals surface area contributed by atoms with Gasteiger partial charge in [-0.3, -0.25) is 9.59 Å². The van der Waals surface area contributed by atoms with Crippen LogP contribution in [0.25, 0.3) is 0 Å². The maximum atomic E-state index is 13.3. The lowest BCUT2D eigenvalue weighted by atomic mass is 10.1. The maximum absolute atomic E-state index is 13.3. The Morgan fingerprint density at radius 1 is 0.757 bits per heavy atom. The molecule has 0 aliphatic carbocycles. The van der Waals surface area contributed by atoms with Crippen molar-refractivity contribution in [2.75, 3.05) is 16.0 Å². The summed E-state index contributed by atoms with van der Waals surface area (Å²) < 4.78 is 1.11. The van der Waals surface area contributed by atoms with Crippen LogP contribution in [0, 0.1) is 3.57 Å². The van der Waals surface area contributed by atoms with Gasteiger partial charge in [-0.2, -0.15) is 0 Å². The predicted octanol–water partition coefficient (Wildman–Crippen LogP) is 7.77. The van der Waals surface area contributed by atoms with E-state index in [-0.39, 0.29) is 11.7 Å². The van der Waals surface area contributed by atoms with E-state index in [1.54, 1.807) is 12.1 Å². The van der Waals surface area contributed by atoms with E-state index in [1.807, 2.05) is 91.0 Å². The van der Waals surface area contributed by atoms with Crippen molar-refractivity contribution in [1.82, 2.24) is 0 Å². The fourth-order valence-corrected chi connectivity index (χ4v) is 5.19. The molecule has 1 atom stereocenters. The minimum Gasteiger partial charge on any atom is -0.332 e. The van der Waals surface area contributed by atoms with E-state index in [1.165, 1.54) is 18.7 Å². The molecule has 0 aliphatic rings. The summed E-state index contributed by atoms with van der Waals surface area (Å²) in [6.45, 7) is 1.54. The summed E-state index contributed by atoms with van der Waals surface area (Å²) in [6.07, 6.45) is 0. The lowest BCUT2D eigenvalue weighted by molar-refractivity contribution is -0.115. The van der Waals surface area contributed by atoms with Crippen molar-refractivity contribution in [2.45, 2.75) is 17.1 Å². The second-order valence-corrected chi connectivity index (χ2v) is 11.0. The van der Waals surface area contributed by atoms with E-state index in [9.17, 15) is 9.59 Å². The Hall–Kier alpha value is -3.21. The second kappa shape index (κ2) is 12.8. The minimum atomic E-state index is -0.444. The van der Waals surface area contributed by atoms with Gasteiger partial charge in [0.1, 0.15) is 5.25 Å². The number of hydrogen-bond donors (Lipinski definition) is 3. The van der Waals surface area contributed by atoms with Gasteiger partial charge in [0.15, 0.2) is 10.9 Å². The lowest BCUT2D eigenvalue weighted by Gasteiger charge is -2.18. The van der Waals surface area contributed by atoms with Crippen LogP contribution in [0.15, 0.2) is 108 Å². The highest BCUT2D eigenvalue weighted by Gasteiger charge is 2.22. The van der Waals surface area contributed by atoms with Gasteiger partial charge in [0.2, 0.25) is 5.91 Å². The fourth-order valence-electron chi connectivity index (χ4n) is 3.51. The Bertz CT molecular complexity index is 1400. The topological polar surface area (TPSA) is 70.2 Å². The van der Waals surface area contributed by atoms with Gasteiger partial charge in [0.25, 0.3) is 0 Å². The number of rotatable bonds is 8. The molecule has 4 aromatic carbocycles. The lowest BCUT2D eigenvalue weighted by Crippen LogP contribution is -2.19. The number of carbonyl (C=O) groups excluding carboxylic acids is 2. The number of thiocarbonyl (C=S) groups is 1. The molecule has 0 aliphatic heterocycles. The van der Waals surface area contributed by atoms with Crippen molar-refractivity contribution in [3.8, 4) is 0 Å². The van der Waals surface area contributed by atoms with Crippen LogP contribution in [0.2, 0.25) is 0 Å². The number of benzene rings is 4. The van der Waals surface area contributed by atoms with Gasteiger partial charge in [-0.25, -0.2) is 0 Å². The van der Waals surface area contributed by atoms with Crippen LogP contribution in [0.5, 0.6) is 0 Å². The Balaban J connectivity index is 1.46. The largest absolute Gasteiger partial charge is 0.332 e. The molecule has 1 unspecified atom stereocenters. The Kier molecular flexibility index (Phi) is 9.32. The number of halogens is 1. The zero-order valence-corrected chi connectivity index (χ0v) is 23.7. The number of hydrogen-bond acceptors (Lipinski definition) is 4. The van der Waals surface area contributed by atoms with Crippen molar-refractivity contribution in [2.24, 2.45) is 0 Å². The molecule has 0 fully saturated rings. The van der Waals surface area contributed by atoms with E-state index in [4.69, 9.17) is 12.2 Å². The third-order valence-electron chi connectivity index (χ3n) is 5.35. The van der Waals surface area contributed by atoms with E-state index in [0.717, 1.165) is 31.1 Å². The predicted molar refractivity (Wildman–Crippen MR) is 166 cm³/mol. The first-order valence-electron chi connectivity index (χ1n) is 11.4. The van der Waals surface area contributed by atoms with Crippen molar-refractivity contribution >= 4 is 80.4 Å². The summed E-state index contributed by atoms with van der Waals surface area (Å²) in [6, 6.07) is 32.4. The van der Waals surface area contributed by atoms with Crippen molar-refractivity contribution in [1.29, 1.82) is 0 Å². The van der Waals surface area contributed by atoms with Crippen LogP contribution in [0.4, 0.5) is 17.1 Å². The highest BCUT2D eigenvalue weighted by atomic mass is 127. The minimum absolute atomic E-state index is 0.0163. The van der Waals surface area contributed by atoms with Crippen LogP contribution in [0.1, 0.15) is 28.1 Å². The molecular formula is C29H24IN3O2S2. The molecule has 186 valence electrons. The third-order valence-corrected chi connectivity index (χ3v) is 7.52. The molecule has 5 nitrogen and oxygen atoms in total. The van der Waals surface area contributed by atoms with Crippen LogP contribution in [0.3, 0.4) is 0 Å². The number of amides is 1. The van der Waals surface area contributed by atoms with Crippen molar-refractivity contribution in [3.05, 3.63) is 118 Å². The quantitative estimate of drug-likeness (QED) is 0.0794. The van der Waals surface area contributed by atoms with Crippen molar-refractivity contribution in [3.63, 3.8) is 0 Å². The Morgan fingerprint density at radius 2 is 1.38 bits per heavy atom. The highest BCUT2D eigenvalue weighted by Crippen LogP contribution is 2.37.